The zero-order valence-electron chi connectivity index (χ0n) is 24.8. The van der Waals surface area contributed by atoms with Gasteiger partial charge in [0.05, 0.1) is 33.8 Å². The summed E-state index contributed by atoms with van der Waals surface area (Å²) < 4.78 is 6.64. The average Bonchev–Trinajstić information content (AvgIpc) is 3.44. The van der Waals surface area contributed by atoms with E-state index in [1.54, 1.807) is 43.5 Å². The predicted octanol–water partition coefficient (Wildman–Crippen LogP) is 6.96. The number of rotatable bonds is 6. The topological polar surface area (TPSA) is 97.7 Å². The molecule has 0 spiro atoms. The van der Waals surface area contributed by atoms with Crippen molar-refractivity contribution in [3.63, 3.8) is 0 Å². The number of hydrogen-bond donors (Lipinski definition) is 1. The lowest BCUT2D eigenvalue weighted by atomic mass is 9.81. The minimum absolute atomic E-state index is 0.0885. The molecule has 0 radical (unpaired) electrons. The van der Waals surface area contributed by atoms with E-state index < -0.39 is 23.0 Å². The average molecular weight is 683 g/mol. The van der Waals surface area contributed by atoms with Gasteiger partial charge in [0, 0.05) is 16.5 Å². The van der Waals surface area contributed by atoms with E-state index in [0.717, 1.165) is 22.5 Å². The Morgan fingerprint density at radius 1 is 0.933 bits per heavy atom. The zero-order valence-corrected chi connectivity index (χ0v) is 27.9. The van der Waals surface area contributed by atoms with Crippen molar-refractivity contribution < 1.29 is 19.1 Å². The zero-order chi connectivity index (χ0) is 32.2. The summed E-state index contributed by atoms with van der Waals surface area (Å²) in [6.07, 6.45) is 0. The van der Waals surface area contributed by atoms with E-state index >= 15 is 0 Å². The molecule has 0 aliphatic carbocycles. The Hall–Kier alpha value is -3.57. The molecule has 1 fully saturated rings. The van der Waals surface area contributed by atoms with Crippen molar-refractivity contribution in [3.05, 3.63) is 102 Å². The van der Waals surface area contributed by atoms with Crippen LogP contribution >= 0.6 is 46.3 Å². The van der Waals surface area contributed by atoms with Gasteiger partial charge in [-0.3, -0.25) is 23.7 Å². The molecule has 1 aromatic heterocycles. The molecule has 2 aliphatic heterocycles. The molecule has 0 saturated carbocycles. The number of benzene rings is 3. The molecule has 3 amide bonds. The molecule has 45 heavy (non-hydrogen) atoms. The molecule has 3 heterocycles. The van der Waals surface area contributed by atoms with Crippen LogP contribution in [0.2, 0.25) is 10.0 Å². The SMILES string of the molecule is COc1ccc(N2C(=O)C3Sc4c(sc(=O)n4CC(=O)Nc4ccc(Cl)c(Cl)c4)C(c4ccc(C(C)(C)C)cc4)C3C2=O)cc1. The number of thioether (sulfide) groups is 1. The van der Waals surface area contributed by atoms with Gasteiger partial charge in [0.15, 0.2) is 0 Å². The Bertz CT molecular complexity index is 1880. The fourth-order valence-corrected chi connectivity index (χ4v) is 8.78. The highest BCUT2D eigenvalue weighted by Crippen LogP contribution is 2.54. The summed E-state index contributed by atoms with van der Waals surface area (Å²) in [6.45, 7) is 6.08. The molecular weight excluding hydrogens is 653 g/mol. The van der Waals surface area contributed by atoms with Crippen LogP contribution in [0.25, 0.3) is 0 Å². The lowest BCUT2D eigenvalue weighted by molar-refractivity contribution is -0.122. The van der Waals surface area contributed by atoms with E-state index in [1.807, 2.05) is 24.3 Å². The number of methoxy groups -OCH3 is 1. The number of nitrogens with one attached hydrogen (secondary N) is 1. The number of aromatic nitrogens is 1. The third-order valence-corrected chi connectivity index (χ3v) is 11.4. The number of thiazole rings is 1. The van der Waals surface area contributed by atoms with Crippen LogP contribution in [0.3, 0.4) is 0 Å². The fraction of sp³-hybridized carbons (Fsp3) is 0.273. The molecule has 1 saturated heterocycles. The van der Waals surface area contributed by atoms with E-state index in [9.17, 15) is 19.2 Å². The first kappa shape index (κ1) is 31.4. The first-order valence-electron chi connectivity index (χ1n) is 14.1. The number of ether oxygens (including phenoxy) is 1. The molecule has 0 bridgehead atoms. The van der Waals surface area contributed by atoms with Crippen molar-refractivity contribution in [2.45, 2.75) is 48.9 Å². The Morgan fingerprint density at radius 2 is 1.62 bits per heavy atom. The summed E-state index contributed by atoms with van der Waals surface area (Å²) in [5.41, 5.74) is 2.74. The van der Waals surface area contributed by atoms with Crippen molar-refractivity contribution in [1.82, 2.24) is 4.57 Å². The first-order chi connectivity index (χ1) is 21.4. The Morgan fingerprint density at radius 3 is 2.24 bits per heavy atom. The van der Waals surface area contributed by atoms with Crippen LogP contribution in [0, 0.1) is 5.92 Å². The minimum atomic E-state index is -0.794. The van der Waals surface area contributed by atoms with Crippen LogP contribution in [0.4, 0.5) is 11.4 Å². The van der Waals surface area contributed by atoms with Gasteiger partial charge in [0.2, 0.25) is 17.7 Å². The normalized spacial score (nSPS) is 19.3. The van der Waals surface area contributed by atoms with Crippen LogP contribution in [-0.2, 0) is 26.3 Å². The predicted molar refractivity (Wildman–Crippen MR) is 179 cm³/mol. The highest BCUT2D eigenvalue weighted by molar-refractivity contribution is 8.00. The van der Waals surface area contributed by atoms with Crippen LogP contribution in [0.5, 0.6) is 5.75 Å². The maximum absolute atomic E-state index is 14.1. The second-order valence-corrected chi connectivity index (χ2v) is 14.9. The summed E-state index contributed by atoms with van der Waals surface area (Å²) in [7, 11) is 1.55. The Kier molecular flexibility index (Phi) is 8.36. The highest BCUT2D eigenvalue weighted by Gasteiger charge is 2.56. The van der Waals surface area contributed by atoms with Crippen molar-refractivity contribution in [2.24, 2.45) is 5.92 Å². The third-order valence-electron chi connectivity index (χ3n) is 8.02. The number of amides is 3. The van der Waals surface area contributed by atoms with Gasteiger partial charge in [0.25, 0.3) is 0 Å². The van der Waals surface area contributed by atoms with Crippen molar-refractivity contribution in [3.8, 4) is 5.75 Å². The van der Waals surface area contributed by atoms with E-state index in [-0.39, 0.29) is 33.7 Å². The van der Waals surface area contributed by atoms with Crippen molar-refractivity contribution >= 4 is 75.4 Å². The van der Waals surface area contributed by atoms with Crippen molar-refractivity contribution in [1.29, 1.82) is 0 Å². The summed E-state index contributed by atoms with van der Waals surface area (Å²) in [6, 6.07) is 19.5. The van der Waals surface area contributed by atoms with Gasteiger partial charge in [-0.05, 0) is 59.0 Å². The molecule has 3 unspecified atom stereocenters. The van der Waals surface area contributed by atoms with Crippen LogP contribution in [-0.4, -0.2) is 34.6 Å². The van der Waals surface area contributed by atoms with Gasteiger partial charge in [0.1, 0.15) is 17.5 Å². The molecule has 2 aliphatic rings. The molecule has 3 aromatic carbocycles. The Labute approximate surface area is 278 Å². The van der Waals surface area contributed by atoms with Gasteiger partial charge in [-0.1, -0.05) is 91.3 Å². The van der Waals surface area contributed by atoms with E-state index in [1.165, 1.54) is 27.3 Å². The van der Waals surface area contributed by atoms with Crippen LogP contribution in [0.15, 0.2) is 76.6 Å². The Balaban J connectivity index is 1.40. The van der Waals surface area contributed by atoms with Gasteiger partial charge < -0.3 is 10.1 Å². The molecule has 4 aromatic rings. The second-order valence-electron chi connectivity index (χ2n) is 11.9. The molecule has 8 nitrogen and oxygen atoms in total. The maximum atomic E-state index is 14.1. The van der Waals surface area contributed by atoms with Crippen molar-refractivity contribution in [2.75, 3.05) is 17.3 Å². The highest BCUT2D eigenvalue weighted by atomic mass is 35.5. The second kappa shape index (κ2) is 12.0. The summed E-state index contributed by atoms with van der Waals surface area (Å²) >= 11 is 14.3. The maximum Gasteiger partial charge on any atom is 0.308 e. The largest absolute Gasteiger partial charge is 0.497 e. The van der Waals surface area contributed by atoms with E-state index in [4.69, 9.17) is 27.9 Å². The molecule has 232 valence electrons. The standard InChI is InChI=1S/C33H29Cl2N3O5S2/c1-33(2,3)18-7-5-17(6-8-18)25-26-27(30(41)38(29(26)40)20-10-12-21(43-4)13-11-20)44-31-28(25)45-32(42)37(31)16-24(39)36-19-9-14-22(34)23(35)15-19/h5-15,25-27H,16H2,1-4H3,(H,36,39). The summed E-state index contributed by atoms with van der Waals surface area (Å²) in [5, 5.41) is 3.11. The lowest BCUT2D eigenvalue weighted by Gasteiger charge is -2.31. The molecular formula is C33H29Cl2N3O5S2. The molecule has 3 atom stereocenters. The lowest BCUT2D eigenvalue weighted by Crippen LogP contribution is -2.33. The summed E-state index contributed by atoms with van der Waals surface area (Å²) in [5.74, 6) is -1.84. The van der Waals surface area contributed by atoms with E-state index in [0.29, 0.717) is 32.1 Å². The first-order valence-corrected chi connectivity index (χ1v) is 16.6. The number of carbonyl (C=O) groups excluding carboxylic acids is 3. The van der Waals surface area contributed by atoms with Gasteiger partial charge in [-0.15, -0.1) is 0 Å². The molecule has 12 heteroatoms. The fourth-order valence-electron chi connectivity index (χ4n) is 5.71. The number of hydrogen-bond acceptors (Lipinski definition) is 7. The number of halogens is 2. The quantitative estimate of drug-likeness (QED) is 0.221. The number of nitrogens with zero attached hydrogens (tertiary/aromatic N) is 2. The number of carbonyl (C=O) groups is 3. The monoisotopic (exact) mass is 681 g/mol. The third kappa shape index (κ3) is 5.80. The summed E-state index contributed by atoms with van der Waals surface area (Å²) in [4.78, 5) is 56.3. The van der Waals surface area contributed by atoms with Gasteiger partial charge in [-0.2, -0.15) is 0 Å². The number of anilines is 2. The van der Waals surface area contributed by atoms with Gasteiger partial charge >= 0.3 is 4.87 Å². The number of fused-ring (bicyclic) bond motifs is 2. The smallest absolute Gasteiger partial charge is 0.308 e. The molecule has 6 rings (SSSR count). The minimum Gasteiger partial charge on any atom is -0.497 e. The van der Waals surface area contributed by atoms with E-state index in [2.05, 4.69) is 26.1 Å². The van der Waals surface area contributed by atoms with Crippen LogP contribution in [0.1, 0.15) is 42.7 Å². The number of imide groups is 1. The van der Waals surface area contributed by atoms with Crippen LogP contribution < -0.4 is 19.8 Å². The van der Waals surface area contributed by atoms with Gasteiger partial charge in [-0.25, -0.2) is 4.90 Å². The molecule has 1 N–H and O–H groups in total.